The number of hydrogen-bond donors (Lipinski definition) is 4. The number of azo groups is 2. The van der Waals surface area contributed by atoms with Crippen molar-refractivity contribution in [1.82, 2.24) is 0 Å². The fraction of sp³-hybridized carbons (Fsp3) is 0.222. The molecule has 2 radical (unpaired) electrons. The maximum atomic E-state index is 12.9. The molecule has 19 heteroatoms. The first-order chi connectivity index (χ1) is 25.1. The molecule has 2 amide bonds. The normalized spacial score (nSPS) is 12.9. The number of nitrogens with zero attached hydrogens (tertiary/aromatic N) is 4. The first-order valence-electron chi connectivity index (χ1n) is 16.0. The van der Waals surface area contributed by atoms with Crippen molar-refractivity contribution in [1.29, 1.82) is 0 Å². The summed E-state index contributed by atoms with van der Waals surface area (Å²) >= 11 is 0. The summed E-state index contributed by atoms with van der Waals surface area (Å²) in [5.41, 5.74) is 2.93. The fourth-order valence-electron chi connectivity index (χ4n) is 5.21. The van der Waals surface area contributed by atoms with Gasteiger partial charge in [-0.2, -0.15) is 37.3 Å². The predicted octanol–water partition coefficient (Wildman–Crippen LogP) is 6.06. The van der Waals surface area contributed by atoms with Crippen molar-refractivity contribution in [2.45, 2.75) is 63.4 Å². The Hall–Kier alpha value is -4.56. The van der Waals surface area contributed by atoms with Gasteiger partial charge in [0.05, 0.1) is 11.4 Å². The molecule has 0 aliphatic heterocycles. The summed E-state index contributed by atoms with van der Waals surface area (Å²) in [6, 6.07) is 13.3. The van der Waals surface area contributed by atoms with Gasteiger partial charge in [-0.3, -0.25) is 28.3 Å². The fourth-order valence-corrected chi connectivity index (χ4v) is 6.66. The van der Waals surface area contributed by atoms with E-state index in [0.29, 0.717) is 11.4 Å². The molecule has 55 heavy (non-hydrogen) atoms. The number of anilines is 2. The minimum Gasteiger partial charge on any atom is -0.324 e. The van der Waals surface area contributed by atoms with Crippen molar-refractivity contribution in [2.75, 3.05) is 10.6 Å². The van der Waals surface area contributed by atoms with Crippen LogP contribution in [-0.2, 0) is 39.4 Å². The summed E-state index contributed by atoms with van der Waals surface area (Å²) < 4.78 is 70.4. The van der Waals surface area contributed by atoms with Crippen LogP contribution in [0, 0.1) is 27.7 Å². The van der Waals surface area contributed by atoms with Crippen LogP contribution in [-0.4, -0.2) is 99.1 Å². The molecule has 16 nitrogen and oxygen atoms in total. The van der Waals surface area contributed by atoms with Crippen LogP contribution >= 0.6 is 0 Å². The average molecular weight is 817 g/mol. The van der Waals surface area contributed by atoms with E-state index in [1.165, 1.54) is 12.1 Å². The largest absolute Gasteiger partial charge is 0.324 e. The zero-order valence-corrected chi connectivity index (χ0v) is 34.4. The monoisotopic (exact) mass is 816 g/mol. The molecule has 0 heterocycles. The van der Waals surface area contributed by atoms with Crippen molar-refractivity contribution in [3.8, 4) is 11.1 Å². The third kappa shape index (κ3) is 11.7. The van der Waals surface area contributed by atoms with Crippen LogP contribution in [0.5, 0.6) is 0 Å². The molecule has 0 aliphatic rings. The number of amides is 2. The Balaban J connectivity index is 0.00000812. The van der Waals surface area contributed by atoms with E-state index in [-0.39, 0.29) is 49.1 Å². The molecular formula is C36H36CaN6O10S2. The summed E-state index contributed by atoms with van der Waals surface area (Å²) in [5.74, 6) is -2.98. The molecule has 0 fully saturated rings. The Morgan fingerprint density at radius 2 is 0.909 bits per heavy atom. The average Bonchev–Trinajstić information content (AvgIpc) is 3.06. The number of carbonyl (C=O) groups is 4. The van der Waals surface area contributed by atoms with Gasteiger partial charge in [-0.1, -0.05) is 47.5 Å². The second-order valence-electron chi connectivity index (χ2n) is 12.4. The molecule has 2 unspecified atom stereocenters. The number of nitrogens with one attached hydrogen (secondary N) is 2. The van der Waals surface area contributed by atoms with E-state index in [1.807, 2.05) is 26.0 Å². The summed E-state index contributed by atoms with van der Waals surface area (Å²) in [6.07, 6.45) is 0. The summed E-state index contributed by atoms with van der Waals surface area (Å²) in [7, 11) is -10.2. The summed E-state index contributed by atoms with van der Waals surface area (Å²) in [6.45, 7) is 9.48. The molecule has 4 aromatic rings. The number of carbonyl (C=O) groups excluding carboxylic acids is 4. The summed E-state index contributed by atoms with van der Waals surface area (Å²) in [4.78, 5) is 48.8. The molecule has 0 spiro atoms. The number of hydrogen-bond acceptors (Lipinski definition) is 12. The van der Waals surface area contributed by atoms with Crippen LogP contribution in [0.25, 0.3) is 11.1 Å². The Morgan fingerprint density at radius 3 is 1.20 bits per heavy atom. The van der Waals surface area contributed by atoms with E-state index in [1.54, 1.807) is 38.1 Å². The third-order valence-corrected chi connectivity index (χ3v) is 9.69. The van der Waals surface area contributed by atoms with Crippen LogP contribution in [0.2, 0.25) is 0 Å². The van der Waals surface area contributed by atoms with Gasteiger partial charge in [0.15, 0.2) is 11.6 Å². The van der Waals surface area contributed by atoms with Gasteiger partial charge in [0.1, 0.15) is 9.79 Å². The van der Waals surface area contributed by atoms with Crippen molar-refractivity contribution < 1.29 is 45.1 Å². The molecule has 4 N–H and O–H groups in total. The Bertz CT molecular complexity index is 2300. The van der Waals surface area contributed by atoms with Gasteiger partial charge in [-0.05, 0) is 89.1 Å². The van der Waals surface area contributed by atoms with Gasteiger partial charge >= 0.3 is 0 Å². The Morgan fingerprint density at radius 1 is 0.564 bits per heavy atom. The topological polar surface area (TPSA) is 251 Å². The summed E-state index contributed by atoms with van der Waals surface area (Å²) in [5, 5.41) is 20.5. The second-order valence-corrected chi connectivity index (χ2v) is 15.2. The molecule has 284 valence electrons. The van der Waals surface area contributed by atoms with Gasteiger partial charge in [0.25, 0.3) is 32.1 Å². The number of Topliss-reactive ketones (excluding diaryl/α,β-unsaturated/α-hetero) is 2. The standard InChI is InChI=1S/C36H36N6O10S2.Ca/c1-19-7-13-29(21(3)15-19)37-35(45)33(23(5)43)41-39-25-9-11-27(31(17-25)53(47,48)49)28-12-10-26(18-32(28)54(50,51)52)40-42-34(24(6)44)36(46)38-30-14-8-20(2)16-22(30)4;/h7-18,33-34H,1-6H3,(H,37,45)(H,38,46)(H,47,48,49)(H,50,51,52);. The number of aryl methyl sites for hydroxylation is 4. The number of rotatable bonds is 13. The van der Waals surface area contributed by atoms with Crippen molar-refractivity contribution in [3.05, 3.63) is 95.1 Å². The Kier molecular flexibility index (Phi) is 15.0. The van der Waals surface area contributed by atoms with Gasteiger partial charge in [-0.15, -0.1) is 0 Å². The molecular weight excluding hydrogens is 781 g/mol. The van der Waals surface area contributed by atoms with E-state index >= 15 is 0 Å². The van der Waals surface area contributed by atoms with E-state index in [9.17, 15) is 45.1 Å². The van der Waals surface area contributed by atoms with Crippen LogP contribution in [0.1, 0.15) is 36.1 Å². The second kappa shape index (κ2) is 18.4. The first kappa shape index (κ1) is 44.8. The van der Waals surface area contributed by atoms with E-state index < -0.39 is 76.6 Å². The van der Waals surface area contributed by atoms with E-state index in [0.717, 1.165) is 60.4 Å². The SMILES string of the molecule is CC(=O)C(N=Nc1ccc(-c2ccc(N=NC(C(C)=O)C(=O)Nc3ccc(C)cc3C)cc2S(=O)(=O)O)c(S(=O)(=O)O)c1)C(=O)Nc1ccc(C)cc1C.[Ca]. The molecule has 4 aromatic carbocycles. The zero-order chi connectivity index (χ0) is 40.1. The minimum absolute atomic E-state index is 0. The van der Waals surface area contributed by atoms with Crippen molar-refractivity contribution in [3.63, 3.8) is 0 Å². The van der Waals surface area contributed by atoms with Gasteiger partial charge in [0.2, 0.25) is 12.1 Å². The number of benzene rings is 4. The molecule has 4 rings (SSSR count). The quantitative estimate of drug-likeness (QED) is 0.0525. The molecule has 0 bridgehead atoms. The molecule has 2 atom stereocenters. The minimum atomic E-state index is -5.12. The van der Waals surface area contributed by atoms with Crippen LogP contribution in [0.15, 0.2) is 103 Å². The van der Waals surface area contributed by atoms with Crippen molar-refractivity contribution in [2.24, 2.45) is 20.5 Å². The van der Waals surface area contributed by atoms with Gasteiger partial charge < -0.3 is 10.6 Å². The Labute approximate surface area is 347 Å². The van der Waals surface area contributed by atoms with Crippen LogP contribution in [0.3, 0.4) is 0 Å². The maximum Gasteiger partial charge on any atom is 0.295 e. The predicted molar refractivity (Wildman–Crippen MR) is 204 cm³/mol. The van der Waals surface area contributed by atoms with Crippen molar-refractivity contribution >= 4 is 104 Å². The maximum absolute atomic E-state index is 12.9. The molecule has 0 saturated heterocycles. The van der Waals surface area contributed by atoms with Crippen LogP contribution in [0.4, 0.5) is 22.7 Å². The van der Waals surface area contributed by atoms with E-state index in [4.69, 9.17) is 0 Å². The molecule has 0 aliphatic carbocycles. The van der Waals surface area contributed by atoms with Crippen LogP contribution < -0.4 is 10.6 Å². The smallest absolute Gasteiger partial charge is 0.295 e. The first-order valence-corrected chi connectivity index (χ1v) is 18.9. The third-order valence-electron chi connectivity index (χ3n) is 7.90. The molecule has 0 saturated carbocycles. The molecule has 0 aromatic heterocycles. The zero-order valence-electron chi connectivity index (χ0n) is 30.6. The van der Waals surface area contributed by atoms with Gasteiger partial charge in [0, 0.05) is 60.2 Å². The van der Waals surface area contributed by atoms with E-state index in [2.05, 4.69) is 31.1 Å². The number of ketones is 2. The van der Waals surface area contributed by atoms with Gasteiger partial charge in [-0.25, -0.2) is 0 Å².